The van der Waals surface area contributed by atoms with Crippen molar-refractivity contribution in [2.75, 3.05) is 0 Å². The average molecular weight is 222 g/mol. The fourth-order valence-corrected chi connectivity index (χ4v) is 3.20. The zero-order chi connectivity index (χ0) is 11.7. The van der Waals surface area contributed by atoms with Gasteiger partial charge in [-0.3, -0.25) is 0 Å². The molecule has 1 aromatic rings. The second kappa shape index (κ2) is 4.03. The fourth-order valence-electron chi connectivity index (χ4n) is 3.20. The third-order valence-corrected chi connectivity index (χ3v) is 3.98. The van der Waals surface area contributed by atoms with Gasteiger partial charge in [-0.05, 0) is 24.0 Å². The molecule has 0 fully saturated rings. The normalized spacial score (nSPS) is 25.1. The highest BCUT2D eigenvalue weighted by molar-refractivity contribution is 5.69. The SMILES string of the molecule is CCCC1(C2=CC=CC2)C=Cc2ccccc21. The molecule has 0 amide bonds. The molecule has 1 aromatic carbocycles. The van der Waals surface area contributed by atoms with E-state index in [1.165, 1.54) is 24.0 Å². The lowest BCUT2D eigenvalue weighted by atomic mass is 9.72. The zero-order valence-corrected chi connectivity index (χ0v) is 10.3. The van der Waals surface area contributed by atoms with Crippen molar-refractivity contribution in [3.63, 3.8) is 0 Å². The summed E-state index contributed by atoms with van der Waals surface area (Å²) in [5.74, 6) is 0. The molecule has 0 spiro atoms. The minimum Gasteiger partial charge on any atom is -0.0804 e. The van der Waals surface area contributed by atoms with Crippen molar-refractivity contribution >= 4 is 6.08 Å². The predicted molar refractivity (Wildman–Crippen MR) is 73.9 cm³/mol. The molecule has 0 aromatic heterocycles. The van der Waals surface area contributed by atoms with E-state index in [4.69, 9.17) is 0 Å². The summed E-state index contributed by atoms with van der Waals surface area (Å²) in [4.78, 5) is 0. The predicted octanol–water partition coefficient (Wildman–Crippen LogP) is 4.64. The summed E-state index contributed by atoms with van der Waals surface area (Å²) in [6.45, 7) is 2.28. The molecule has 0 saturated carbocycles. The van der Waals surface area contributed by atoms with Crippen LogP contribution < -0.4 is 0 Å². The Balaban J connectivity index is 2.11. The monoisotopic (exact) mass is 222 g/mol. The third-order valence-electron chi connectivity index (χ3n) is 3.98. The average Bonchev–Trinajstić information content (AvgIpc) is 2.98. The van der Waals surface area contributed by atoms with Crippen LogP contribution in [0.2, 0.25) is 0 Å². The Morgan fingerprint density at radius 1 is 1.24 bits per heavy atom. The molecule has 3 rings (SSSR count). The molecule has 0 heterocycles. The maximum atomic E-state index is 2.42. The molecule has 1 unspecified atom stereocenters. The Labute approximate surface area is 103 Å². The van der Waals surface area contributed by atoms with Gasteiger partial charge in [-0.15, -0.1) is 0 Å². The van der Waals surface area contributed by atoms with Gasteiger partial charge in [-0.1, -0.05) is 73.6 Å². The smallest absolute Gasteiger partial charge is 0.0356 e. The summed E-state index contributed by atoms with van der Waals surface area (Å²) in [6.07, 6.45) is 15.0. The van der Waals surface area contributed by atoms with Crippen LogP contribution in [0.25, 0.3) is 6.08 Å². The molecule has 0 nitrogen and oxygen atoms in total. The van der Waals surface area contributed by atoms with Crippen LogP contribution in [0.15, 0.2) is 54.1 Å². The van der Waals surface area contributed by atoms with Gasteiger partial charge in [0.15, 0.2) is 0 Å². The third kappa shape index (κ3) is 1.51. The Morgan fingerprint density at radius 2 is 2.12 bits per heavy atom. The second-order valence-corrected chi connectivity index (χ2v) is 4.97. The maximum Gasteiger partial charge on any atom is 0.0356 e. The summed E-state index contributed by atoms with van der Waals surface area (Å²) in [7, 11) is 0. The van der Waals surface area contributed by atoms with Gasteiger partial charge in [-0.25, -0.2) is 0 Å². The number of hydrogen-bond acceptors (Lipinski definition) is 0. The number of benzene rings is 1. The molecule has 86 valence electrons. The minimum absolute atomic E-state index is 0.175. The Hall–Kier alpha value is -1.56. The van der Waals surface area contributed by atoms with E-state index in [1.54, 1.807) is 5.57 Å². The van der Waals surface area contributed by atoms with Crippen LogP contribution in [0.3, 0.4) is 0 Å². The summed E-state index contributed by atoms with van der Waals surface area (Å²) in [5.41, 5.74) is 4.63. The van der Waals surface area contributed by atoms with Crippen molar-refractivity contribution in [3.05, 3.63) is 65.3 Å². The lowest BCUT2D eigenvalue weighted by molar-refractivity contribution is 0.559. The van der Waals surface area contributed by atoms with E-state index in [0.29, 0.717) is 0 Å². The van der Waals surface area contributed by atoms with Crippen molar-refractivity contribution in [1.82, 2.24) is 0 Å². The van der Waals surface area contributed by atoms with Crippen LogP contribution >= 0.6 is 0 Å². The van der Waals surface area contributed by atoms with Crippen LogP contribution in [0.1, 0.15) is 37.3 Å². The van der Waals surface area contributed by atoms with Crippen molar-refractivity contribution in [2.24, 2.45) is 0 Å². The number of allylic oxidation sites excluding steroid dienone is 5. The first-order chi connectivity index (χ1) is 8.37. The van der Waals surface area contributed by atoms with Crippen molar-refractivity contribution in [2.45, 2.75) is 31.6 Å². The van der Waals surface area contributed by atoms with E-state index in [2.05, 4.69) is 61.6 Å². The molecular weight excluding hydrogens is 204 g/mol. The molecular formula is C17H18. The summed E-state index contributed by atoms with van der Waals surface area (Å²) in [5, 5.41) is 0. The molecule has 1 atom stereocenters. The molecule has 0 bridgehead atoms. The molecule has 2 aliphatic carbocycles. The largest absolute Gasteiger partial charge is 0.0804 e. The second-order valence-electron chi connectivity index (χ2n) is 4.97. The van der Waals surface area contributed by atoms with E-state index >= 15 is 0 Å². The topological polar surface area (TPSA) is 0 Å². The summed E-state index contributed by atoms with van der Waals surface area (Å²) < 4.78 is 0. The highest BCUT2D eigenvalue weighted by atomic mass is 14.4. The summed E-state index contributed by atoms with van der Waals surface area (Å²) in [6, 6.07) is 8.82. The van der Waals surface area contributed by atoms with Gasteiger partial charge < -0.3 is 0 Å². The van der Waals surface area contributed by atoms with E-state index < -0.39 is 0 Å². The minimum atomic E-state index is 0.175. The van der Waals surface area contributed by atoms with Crippen molar-refractivity contribution in [3.8, 4) is 0 Å². The zero-order valence-electron chi connectivity index (χ0n) is 10.3. The standard InChI is InChI=1S/C17H18/c1-2-12-17(15-8-4-5-9-15)13-11-14-7-3-6-10-16(14)17/h3-8,10-11,13H,2,9,12H2,1H3. The quantitative estimate of drug-likeness (QED) is 0.699. The van der Waals surface area contributed by atoms with E-state index in [-0.39, 0.29) is 5.41 Å². The van der Waals surface area contributed by atoms with Gasteiger partial charge in [0.05, 0.1) is 0 Å². The Morgan fingerprint density at radius 3 is 2.88 bits per heavy atom. The molecule has 0 saturated heterocycles. The first-order valence-corrected chi connectivity index (χ1v) is 6.52. The first kappa shape index (κ1) is 10.6. The van der Waals surface area contributed by atoms with Crippen LogP contribution in [0, 0.1) is 0 Å². The lowest BCUT2D eigenvalue weighted by Crippen LogP contribution is -2.24. The molecule has 2 aliphatic rings. The van der Waals surface area contributed by atoms with Gasteiger partial charge in [-0.2, -0.15) is 0 Å². The fraction of sp³-hybridized carbons (Fsp3) is 0.294. The van der Waals surface area contributed by atoms with E-state index in [0.717, 1.165) is 6.42 Å². The Bertz CT molecular complexity index is 517. The van der Waals surface area contributed by atoms with Crippen LogP contribution in [-0.2, 0) is 5.41 Å². The maximum absolute atomic E-state index is 2.42. The van der Waals surface area contributed by atoms with Gasteiger partial charge in [0.2, 0.25) is 0 Å². The van der Waals surface area contributed by atoms with Crippen LogP contribution in [-0.4, -0.2) is 0 Å². The van der Waals surface area contributed by atoms with Crippen LogP contribution in [0.4, 0.5) is 0 Å². The Kier molecular flexibility index (Phi) is 2.51. The van der Waals surface area contributed by atoms with Gasteiger partial charge in [0.25, 0.3) is 0 Å². The van der Waals surface area contributed by atoms with Crippen molar-refractivity contribution < 1.29 is 0 Å². The highest BCUT2D eigenvalue weighted by Crippen LogP contribution is 2.47. The van der Waals surface area contributed by atoms with Gasteiger partial charge in [0, 0.05) is 5.41 Å². The molecule has 0 radical (unpaired) electrons. The number of fused-ring (bicyclic) bond motifs is 1. The molecule has 17 heavy (non-hydrogen) atoms. The van der Waals surface area contributed by atoms with Crippen LogP contribution in [0.5, 0.6) is 0 Å². The van der Waals surface area contributed by atoms with Gasteiger partial charge in [0.1, 0.15) is 0 Å². The lowest BCUT2D eigenvalue weighted by Gasteiger charge is -2.31. The highest BCUT2D eigenvalue weighted by Gasteiger charge is 2.36. The van der Waals surface area contributed by atoms with Gasteiger partial charge >= 0.3 is 0 Å². The molecule has 0 heteroatoms. The first-order valence-electron chi connectivity index (χ1n) is 6.52. The van der Waals surface area contributed by atoms with E-state index in [9.17, 15) is 0 Å². The molecule has 0 N–H and O–H groups in total. The van der Waals surface area contributed by atoms with Crippen molar-refractivity contribution in [1.29, 1.82) is 0 Å². The number of hydrogen-bond donors (Lipinski definition) is 0. The molecule has 0 aliphatic heterocycles. The number of rotatable bonds is 3. The summed E-state index contributed by atoms with van der Waals surface area (Å²) >= 11 is 0. The van der Waals surface area contributed by atoms with E-state index in [1.807, 2.05) is 0 Å².